The summed E-state index contributed by atoms with van der Waals surface area (Å²) in [4.78, 5) is 12.2. The van der Waals surface area contributed by atoms with Gasteiger partial charge in [-0.1, -0.05) is 6.07 Å². The summed E-state index contributed by atoms with van der Waals surface area (Å²) in [6, 6.07) is 4.44. The Morgan fingerprint density at radius 3 is 3.07 bits per heavy atom. The third-order valence-corrected chi connectivity index (χ3v) is 4.65. The van der Waals surface area contributed by atoms with Crippen LogP contribution >= 0.6 is 0 Å². The molecule has 0 radical (unpaired) electrons. The molecule has 11 heteroatoms. The van der Waals surface area contributed by atoms with Gasteiger partial charge in [0.15, 0.2) is 11.5 Å². The minimum atomic E-state index is -0.634. The van der Waals surface area contributed by atoms with Gasteiger partial charge in [0, 0.05) is 0 Å². The Kier molecular flexibility index (Phi) is 5.22. The van der Waals surface area contributed by atoms with Gasteiger partial charge in [-0.15, -0.1) is 0 Å². The van der Waals surface area contributed by atoms with E-state index in [4.69, 9.17) is 19.8 Å². The van der Waals surface area contributed by atoms with E-state index in [1.165, 1.54) is 18.5 Å². The molecule has 2 aromatic heterocycles. The van der Waals surface area contributed by atoms with Crippen LogP contribution in [0.4, 0.5) is 10.2 Å². The molecule has 9 nitrogen and oxygen atoms in total. The molecule has 0 spiro atoms. The van der Waals surface area contributed by atoms with Crippen LogP contribution in [0.5, 0.6) is 0 Å². The fourth-order valence-corrected chi connectivity index (χ4v) is 3.09. The van der Waals surface area contributed by atoms with Gasteiger partial charge in [-0.2, -0.15) is 0 Å². The number of nitrogen functional groups attached to an aromatic ring is 1. The van der Waals surface area contributed by atoms with Crippen LogP contribution in [0.1, 0.15) is 12.5 Å². The summed E-state index contributed by atoms with van der Waals surface area (Å²) in [6.07, 6.45) is 1.79. The molecule has 1 aliphatic rings. The van der Waals surface area contributed by atoms with Gasteiger partial charge in [0.1, 0.15) is 30.5 Å². The predicted octanol–water partition coefficient (Wildman–Crippen LogP) is 0.213. The lowest BCUT2D eigenvalue weighted by Crippen LogP contribution is -2.42. The largest absolute Gasteiger partial charge is 0.494 e. The van der Waals surface area contributed by atoms with Gasteiger partial charge in [-0.05, 0) is 30.1 Å². The molecule has 0 saturated carbocycles. The molecule has 3 aromatic rings. The molecule has 4 rings (SSSR count). The minimum absolute atomic E-state index is 0.0964. The molecule has 0 amide bonds. The summed E-state index contributed by atoms with van der Waals surface area (Å²) >= 11 is 0. The summed E-state index contributed by atoms with van der Waals surface area (Å²) in [7, 11) is -0.634. The zero-order valence-electron chi connectivity index (χ0n) is 15.2. The van der Waals surface area contributed by atoms with Crippen LogP contribution in [0.2, 0.25) is 0 Å². The number of hydrogen-bond donors (Lipinski definition) is 2. The SMILES string of the molecule is C[C@@H](OB1OCc2cc(F)ccc21)[C@@H](CO)OCn1cnc2c(N)ncnc21. The van der Waals surface area contributed by atoms with Gasteiger partial charge in [-0.25, -0.2) is 19.3 Å². The number of anilines is 1. The summed E-state index contributed by atoms with van der Waals surface area (Å²) in [5, 5.41) is 9.72. The molecule has 1 aliphatic heterocycles. The third-order valence-electron chi connectivity index (χ3n) is 4.65. The average molecular weight is 387 g/mol. The molecule has 146 valence electrons. The number of benzene rings is 1. The standard InChI is InChI=1S/C17H19BFN5O4/c1-10(28-18-13-3-2-12(19)4-11(13)6-27-18)14(5-25)26-9-24-8-23-15-16(20)21-7-22-17(15)24/h2-4,7-8,10,14,25H,5-6,9H2,1H3,(H2,20,21,22)/t10-,14-/m1/s1. The molecule has 1 aromatic carbocycles. The number of fused-ring (bicyclic) bond motifs is 2. The van der Waals surface area contributed by atoms with E-state index >= 15 is 0 Å². The molecule has 3 N–H and O–H groups in total. The number of rotatable bonds is 7. The zero-order chi connectivity index (χ0) is 19.7. The van der Waals surface area contributed by atoms with Crippen LogP contribution in [0, 0.1) is 5.82 Å². The minimum Gasteiger partial charge on any atom is -0.403 e. The third kappa shape index (κ3) is 3.57. The van der Waals surface area contributed by atoms with E-state index < -0.39 is 19.3 Å². The molecule has 2 atom stereocenters. The monoisotopic (exact) mass is 387 g/mol. The Labute approximate surface area is 160 Å². The average Bonchev–Trinajstić information content (AvgIpc) is 3.27. The van der Waals surface area contributed by atoms with E-state index in [2.05, 4.69) is 15.0 Å². The van der Waals surface area contributed by atoms with Crippen molar-refractivity contribution >= 4 is 29.6 Å². The maximum absolute atomic E-state index is 13.3. The highest BCUT2D eigenvalue weighted by atomic mass is 19.1. The normalized spacial score (nSPS) is 15.8. The number of aromatic nitrogens is 4. The van der Waals surface area contributed by atoms with Crippen molar-refractivity contribution in [1.29, 1.82) is 0 Å². The number of aliphatic hydroxyl groups excluding tert-OH is 1. The molecule has 0 bridgehead atoms. The molecule has 0 unspecified atom stereocenters. The van der Waals surface area contributed by atoms with Gasteiger partial charge in [-0.3, -0.25) is 4.57 Å². The van der Waals surface area contributed by atoms with Crippen LogP contribution in [-0.4, -0.2) is 50.6 Å². The first-order chi connectivity index (χ1) is 13.6. The lowest BCUT2D eigenvalue weighted by atomic mass is 9.78. The van der Waals surface area contributed by atoms with E-state index in [1.54, 1.807) is 23.9 Å². The van der Waals surface area contributed by atoms with Crippen molar-refractivity contribution in [3.05, 3.63) is 42.2 Å². The molecule has 28 heavy (non-hydrogen) atoms. The lowest BCUT2D eigenvalue weighted by molar-refractivity contribution is -0.0774. The van der Waals surface area contributed by atoms with E-state index in [1.807, 2.05) is 0 Å². The van der Waals surface area contributed by atoms with Crippen molar-refractivity contribution < 1.29 is 23.5 Å². The van der Waals surface area contributed by atoms with Gasteiger partial charge in [0.05, 0.1) is 25.6 Å². The number of nitrogens with two attached hydrogens (primary N) is 1. The molecule has 0 saturated heterocycles. The maximum Gasteiger partial charge on any atom is 0.494 e. The molecule has 3 heterocycles. The van der Waals surface area contributed by atoms with Crippen LogP contribution in [-0.2, 0) is 27.4 Å². The van der Waals surface area contributed by atoms with E-state index in [0.29, 0.717) is 11.2 Å². The van der Waals surface area contributed by atoms with Gasteiger partial charge in [0.25, 0.3) is 0 Å². The van der Waals surface area contributed by atoms with Crippen LogP contribution in [0.15, 0.2) is 30.9 Å². The quantitative estimate of drug-likeness (QED) is 0.553. The first-order valence-corrected chi connectivity index (χ1v) is 8.76. The first-order valence-electron chi connectivity index (χ1n) is 8.76. The smallest absolute Gasteiger partial charge is 0.403 e. The van der Waals surface area contributed by atoms with Crippen molar-refractivity contribution in [2.45, 2.75) is 32.5 Å². The summed E-state index contributed by atoms with van der Waals surface area (Å²) in [5.41, 5.74) is 8.32. The van der Waals surface area contributed by atoms with Gasteiger partial charge in [0.2, 0.25) is 0 Å². The van der Waals surface area contributed by atoms with Crippen molar-refractivity contribution in [2.75, 3.05) is 12.3 Å². The Balaban J connectivity index is 1.41. The van der Waals surface area contributed by atoms with Crippen LogP contribution < -0.4 is 11.2 Å². The van der Waals surface area contributed by atoms with Gasteiger partial charge >= 0.3 is 7.12 Å². The zero-order valence-corrected chi connectivity index (χ0v) is 15.2. The topological polar surface area (TPSA) is 118 Å². The summed E-state index contributed by atoms with van der Waals surface area (Å²) in [6.45, 7) is 1.89. The van der Waals surface area contributed by atoms with Crippen molar-refractivity contribution in [3.63, 3.8) is 0 Å². The Hall–Kier alpha value is -2.60. The fourth-order valence-electron chi connectivity index (χ4n) is 3.09. The van der Waals surface area contributed by atoms with E-state index in [-0.39, 0.29) is 31.6 Å². The second-order valence-corrected chi connectivity index (χ2v) is 6.49. The van der Waals surface area contributed by atoms with Crippen LogP contribution in [0.25, 0.3) is 11.2 Å². The van der Waals surface area contributed by atoms with Crippen LogP contribution in [0.3, 0.4) is 0 Å². The molecule has 0 fully saturated rings. The highest BCUT2D eigenvalue weighted by molar-refractivity contribution is 6.62. The number of aliphatic hydroxyl groups is 1. The maximum atomic E-state index is 13.3. The van der Waals surface area contributed by atoms with Crippen molar-refractivity contribution in [1.82, 2.24) is 19.5 Å². The van der Waals surface area contributed by atoms with E-state index in [0.717, 1.165) is 11.0 Å². The number of halogens is 1. The number of imidazole rings is 1. The second-order valence-electron chi connectivity index (χ2n) is 6.49. The summed E-state index contributed by atoms with van der Waals surface area (Å²) in [5.74, 6) is -0.0303. The second kappa shape index (κ2) is 7.80. The molecular formula is C17H19BFN5O4. The lowest BCUT2D eigenvalue weighted by Gasteiger charge is -2.24. The highest BCUT2D eigenvalue weighted by Gasteiger charge is 2.34. The number of ether oxygens (including phenoxy) is 1. The Morgan fingerprint density at radius 1 is 1.39 bits per heavy atom. The highest BCUT2D eigenvalue weighted by Crippen LogP contribution is 2.17. The Bertz CT molecular complexity index is 987. The first kappa shape index (κ1) is 18.8. The predicted molar refractivity (Wildman–Crippen MR) is 98.8 cm³/mol. The number of nitrogens with zero attached hydrogens (tertiary/aromatic N) is 4. The van der Waals surface area contributed by atoms with E-state index in [9.17, 15) is 9.50 Å². The Morgan fingerprint density at radius 2 is 2.25 bits per heavy atom. The molecular weight excluding hydrogens is 368 g/mol. The van der Waals surface area contributed by atoms with Crippen molar-refractivity contribution in [2.24, 2.45) is 0 Å². The number of hydrogen-bond acceptors (Lipinski definition) is 8. The van der Waals surface area contributed by atoms with Crippen molar-refractivity contribution in [3.8, 4) is 0 Å². The fraction of sp³-hybridized carbons (Fsp3) is 0.353. The summed E-state index contributed by atoms with van der Waals surface area (Å²) < 4.78 is 32.3. The van der Waals surface area contributed by atoms with Gasteiger partial charge < -0.3 is 24.9 Å². The molecule has 0 aliphatic carbocycles.